The Hall–Kier alpha value is -1.60. The quantitative estimate of drug-likeness (QED) is 0.803. The Kier molecular flexibility index (Phi) is 4.58. The van der Waals surface area contributed by atoms with Crippen molar-refractivity contribution in [2.45, 2.75) is 13.5 Å². The van der Waals surface area contributed by atoms with Crippen LogP contribution in [0.15, 0.2) is 18.2 Å². The Morgan fingerprint density at radius 1 is 1.53 bits per heavy atom. The van der Waals surface area contributed by atoms with Crippen LogP contribution < -0.4 is 10.1 Å². The van der Waals surface area contributed by atoms with Crippen molar-refractivity contribution >= 4 is 0 Å². The summed E-state index contributed by atoms with van der Waals surface area (Å²) >= 11 is 0. The van der Waals surface area contributed by atoms with E-state index < -0.39 is 5.82 Å². The van der Waals surface area contributed by atoms with Gasteiger partial charge in [0.15, 0.2) is 18.2 Å². The van der Waals surface area contributed by atoms with Gasteiger partial charge in [0.2, 0.25) is 0 Å². The van der Waals surface area contributed by atoms with E-state index in [1.165, 1.54) is 6.07 Å². The molecule has 1 aromatic carbocycles. The summed E-state index contributed by atoms with van der Waals surface area (Å²) in [7, 11) is 0. The first-order valence-corrected chi connectivity index (χ1v) is 4.77. The number of halogens is 1. The van der Waals surface area contributed by atoms with Crippen LogP contribution in [0.3, 0.4) is 0 Å². The second kappa shape index (κ2) is 5.99. The maximum Gasteiger partial charge on any atom is 0.174 e. The summed E-state index contributed by atoms with van der Waals surface area (Å²) in [4.78, 5) is 0. The van der Waals surface area contributed by atoms with Crippen LogP contribution in [-0.4, -0.2) is 13.2 Å². The molecule has 0 saturated heterocycles. The highest BCUT2D eigenvalue weighted by Crippen LogP contribution is 2.22. The molecule has 0 atom stereocenters. The fraction of sp³-hybridized carbons (Fsp3) is 0.364. The minimum Gasteiger partial charge on any atom is -0.475 e. The van der Waals surface area contributed by atoms with E-state index in [4.69, 9.17) is 10.00 Å². The molecule has 0 radical (unpaired) electrons. The van der Waals surface area contributed by atoms with Gasteiger partial charge in [0.25, 0.3) is 0 Å². The molecule has 3 nitrogen and oxygen atoms in total. The molecule has 0 aliphatic carbocycles. The molecule has 0 unspecified atom stereocenters. The number of ether oxygens (including phenoxy) is 1. The van der Waals surface area contributed by atoms with Gasteiger partial charge in [0.1, 0.15) is 6.07 Å². The third-order valence-corrected chi connectivity index (χ3v) is 1.90. The molecule has 1 N–H and O–H groups in total. The largest absolute Gasteiger partial charge is 0.475 e. The standard InChI is InChI=1S/C11H13FN2O/c1-2-14-8-9-4-3-5-10(12)11(9)15-7-6-13/h3-5,14H,2,7-8H2,1H3. The molecule has 0 fully saturated rings. The van der Waals surface area contributed by atoms with Gasteiger partial charge in [-0.2, -0.15) is 5.26 Å². The maximum atomic E-state index is 13.3. The van der Waals surface area contributed by atoms with E-state index in [0.717, 1.165) is 12.1 Å². The third kappa shape index (κ3) is 3.22. The molecule has 0 bridgehead atoms. The van der Waals surface area contributed by atoms with E-state index in [-0.39, 0.29) is 12.4 Å². The molecule has 15 heavy (non-hydrogen) atoms. The zero-order valence-electron chi connectivity index (χ0n) is 8.59. The third-order valence-electron chi connectivity index (χ3n) is 1.90. The number of nitrogens with zero attached hydrogens (tertiary/aromatic N) is 1. The van der Waals surface area contributed by atoms with Crippen LogP contribution in [0.25, 0.3) is 0 Å². The zero-order valence-corrected chi connectivity index (χ0v) is 8.59. The summed E-state index contributed by atoms with van der Waals surface area (Å²) in [6.07, 6.45) is 0. The SMILES string of the molecule is CCNCc1cccc(F)c1OCC#N. The van der Waals surface area contributed by atoms with Crippen molar-refractivity contribution < 1.29 is 9.13 Å². The highest BCUT2D eigenvalue weighted by molar-refractivity contribution is 5.35. The summed E-state index contributed by atoms with van der Waals surface area (Å²) in [5.74, 6) is -0.263. The average molecular weight is 208 g/mol. The van der Waals surface area contributed by atoms with E-state index in [1.807, 2.05) is 13.0 Å². The molecule has 80 valence electrons. The molecule has 0 aliphatic rings. The van der Waals surface area contributed by atoms with Gasteiger partial charge in [-0.05, 0) is 12.6 Å². The summed E-state index contributed by atoms with van der Waals surface area (Å²) < 4.78 is 18.4. The summed E-state index contributed by atoms with van der Waals surface area (Å²) in [5, 5.41) is 11.5. The van der Waals surface area contributed by atoms with Gasteiger partial charge in [-0.15, -0.1) is 0 Å². The van der Waals surface area contributed by atoms with Crippen LogP contribution >= 0.6 is 0 Å². The first kappa shape index (κ1) is 11.5. The molecule has 0 aliphatic heterocycles. The Bertz CT molecular complexity index is 360. The number of para-hydroxylation sites is 1. The Morgan fingerprint density at radius 3 is 3.00 bits per heavy atom. The predicted molar refractivity (Wildman–Crippen MR) is 54.9 cm³/mol. The number of nitrogens with one attached hydrogen (secondary N) is 1. The average Bonchev–Trinajstić information content (AvgIpc) is 2.25. The normalized spacial score (nSPS) is 9.67. The van der Waals surface area contributed by atoms with Crippen LogP contribution in [0.1, 0.15) is 12.5 Å². The summed E-state index contributed by atoms with van der Waals surface area (Å²) in [5.41, 5.74) is 0.729. The van der Waals surface area contributed by atoms with Gasteiger partial charge in [0, 0.05) is 12.1 Å². The molecule has 0 aromatic heterocycles. The van der Waals surface area contributed by atoms with Crippen LogP contribution in [0, 0.1) is 17.1 Å². The van der Waals surface area contributed by atoms with Crippen LogP contribution in [0.5, 0.6) is 5.75 Å². The second-order valence-corrected chi connectivity index (χ2v) is 2.96. The van der Waals surface area contributed by atoms with Crippen LogP contribution in [0.2, 0.25) is 0 Å². The minimum atomic E-state index is -0.430. The fourth-order valence-corrected chi connectivity index (χ4v) is 1.22. The maximum absolute atomic E-state index is 13.3. The monoisotopic (exact) mass is 208 g/mol. The fourth-order valence-electron chi connectivity index (χ4n) is 1.22. The number of benzene rings is 1. The van der Waals surface area contributed by atoms with E-state index in [2.05, 4.69) is 5.32 Å². The van der Waals surface area contributed by atoms with Gasteiger partial charge < -0.3 is 10.1 Å². The highest BCUT2D eigenvalue weighted by atomic mass is 19.1. The molecule has 0 amide bonds. The molecule has 0 heterocycles. The Labute approximate surface area is 88.5 Å². The lowest BCUT2D eigenvalue weighted by molar-refractivity contribution is 0.341. The topological polar surface area (TPSA) is 45.0 Å². The Balaban J connectivity index is 2.83. The smallest absolute Gasteiger partial charge is 0.174 e. The summed E-state index contributed by atoms with van der Waals surface area (Å²) in [6, 6.07) is 6.54. The zero-order chi connectivity index (χ0) is 11.1. The molecule has 1 rings (SSSR count). The van der Waals surface area contributed by atoms with E-state index in [0.29, 0.717) is 6.54 Å². The van der Waals surface area contributed by atoms with Crippen molar-refractivity contribution in [1.82, 2.24) is 5.32 Å². The van der Waals surface area contributed by atoms with E-state index in [9.17, 15) is 4.39 Å². The van der Waals surface area contributed by atoms with Crippen molar-refractivity contribution in [2.24, 2.45) is 0 Å². The van der Waals surface area contributed by atoms with Crippen LogP contribution in [-0.2, 0) is 6.54 Å². The summed E-state index contributed by atoms with van der Waals surface area (Å²) in [6.45, 7) is 3.17. The lowest BCUT2D eigenvalue weighted by Crippen LogP contribution is -2.13. The number of hydrogen-bond donors (Lipinski definition) is 1. The van der Waals surface area contributed by atoms with Gasteiger partial charge in [-0.25, -0.2) is 4.39 Å². The first-order chi connectivity index (χ1) is 7.29. The number of hydrogen-bond acceptors (Lipinski definition) is 3. The van der Waals surface area contributed by atoms with Gasteiger partial charge in [-0.3, -0.25) is 0 Å². The molecule has 4 heteroatoms. The van der Waals surface area contributed by atoms with Crippen LogP contribution in [0.4, 0.5) is 4.39 Å². The van der Waals surface area contributed by atoms with Crippen molar-refractivity contribution in [3.05, 3.63) is 29.6 Å². The van der Waals surface area contributed by atoms with Crippen molar-refractivity contribution in [2.75, 3.05) is 13.2 Å². The lowest BCUT2D eigenvalue weighted by atomic mass is 10.2. The lowest BCUT2D eigenvalue weighted by Gasteiger charge is -2.10. The molecule has 0 spiro atoms. The van der Waals surface area contributed by atoms with Crippen molar-refractivity contribution in [3.63, 3.8) is 0 Å². The van der Waals surface area contributed by atoms with E-state index in [1.54, 1.807) is 12.1 Å². The second-order valence-electron chi connectivity index (χ2n) is 2.96. The first-order valence-electron chi connectivity index (χ1n) is 4.77. The molecule has 1 aromatic rings. The number of rotatable bonds is 5. The minimum absolute atomic E-state index is 0.139. The molecule has 0 saturated carbocycles. The number of nitriles is 1. The van der Waals surface area contributed by atoms with Gasteiger partial charge in [-0.1, -0.05) is 19.1 Å². The Morgan fingerprint density at radius 2 is 2.33 bits per heavy atom. The molecular formula is C11H13FN2O. The highest BCUT2D eigenvalue weighted by Gasteiger charge is 2.08. The van der Waals surface area contributed by atoms with Gasteiger partial charge in [0.05, 0.1) is 0 Å². The van der Waals surface area contributed by atoms with Gasteiger partial charge >= 0.3 is 0 Å². The van der Waals surface area contributed by atoms with Crippen molar-refractivity contribution in [3.8, 4) is 11.8 Å². The predicted octanol–water partition coefficient (Wildman–Crippen LogP) is 1.84. The molecular weight excluding hydrogens is 195 g/mol. The van der Waals surface area contributed by atoms with Crippen molar-refractivity contribution in [1.29, 1.82) is 5.26 Å². The van der Waals surface area contributed by atoms with E-state index >= 15 is 0 Å².